The third-order valence-corrected chi connectivity index (χ3v) is 2.99. The Bertz CT molecular complexity index is 435. The summed E-state index contributed by atoms with van der Waals surface area (Å²) in [5.41, 5.74) is -0.426. The van der Waals surface area contributed by atoms with Gasteiger partial charge >= 0.3 is 0 Å². The van der Waals surface area contributed by atoms with Gasteiger partial charge in [0.25, 0.3) is 5.91 Å². The van der Waals surface area contributed by atoms with Gasteiger partial charge < -0.3 is 4.90 Å². The second kappa shape index (κ2) is 5.04. The molecular weight excluding hydrogens is 236 g/mol. The lowest BCUT2D eigenvalue weighted by Gasteiger charge is -2.24. The van der Waals surface area contributed by atoms with Crippen molar-refractivity contribution in [2.75, 3.05) is 6.54 Å². The van der Waals surface area contributed by atoms with E-state index in [1.165, 1.54) is 6.07 Å². The largest absolute Gasteiger partial charge is 0.335 e. The number of hydrogen-bond donors (Lipinski definition) is 0. The van der Waals surface area contributed by atoms with Crippen LogP contribution in [-0.2, 0) is 0 Å². The maximum Gasteiger partial charge on any atom is 0.260 e. The Kier molecular flexibility index (Phi) is 3.64. The first-order chi connectivity index (χ1) is 8.50. The van der Waals surface area contributed by atoms with E-state index in [1.807, 2.05) is 13.8 Å². The highest BCUT2D eigenvalue weighted by Gasteiger charge is 2.35. The minimum absolute atomic E-state index is 0.152. The second-order valence-corrected chi connectivity index (χ2v) is 5.18. The van der Waals surface area contributed by atoms with Crippen molar-refractivity contribution in [3.63, 3.8) is 0 Å². The lowest BCUT2D eigenvalue weighted by molar-refractivity contribution is 0.0712. The van der Waals surface area contributed by atoms with Crippen molar-refractivity contribution in [3.8, 4) is 0 Å². The van der Waals surface area contributed by atoms with Crippen LogP contribution >= 0.6 is 0 Å². The van der Waals surface area contributed by atoms with Crippen LogP contribution < -0.4 is 0 Å². The zero-order valence-corrected chi connectivity index (χ0v) is 10.6. The molecule has 0 aromatic heterocycles. The summed E-state index contributed by atoms with van der Waals surface area (Å²) >= 11 is 0. The maximum atomic E-state index is 13.6. The number of nitrogens with zero attached hydrogens (tertiary/aromatic N) is 1. The molecule has 0 atom stereocenters. The van der Waals surface area contributed by atoms with E-state index in [4.69, 9.17) is 0 Å². The van der Waals surface area contributed by atoms with Gasteiger partial charge in [-0.05, 0) is 30.9 Å². The van der Waals surface area contributed by atoms with E-state index >= 15 is 0 Å². The Hall–Kier alpha value is -1.45. The average Bonchev–Trinajstić information content (AvgIpc) is 3.09. The summed E-state index contributed by atoms with van der Waals surface area (Å²) in [6.45, 7) is 4.51. The van der Waals surface area contributed by atoms with Gasteiger partial charge in [-0.3, -0.25) is 4.79 Å². The minimum atomic E-state index is -0.783. The number of amides is 1. The van der Waals surface area contributed by atoms with Crippen molar-refractivity contribution < 1.29 is 13.6 Å². The molecule has 98 valence electrons. The van der Waals surface area contributed by atoms with Crippen LogP contribution in [0.1, 0.15) is 37.0 Å². The van der Waals surface area contributed by atoms with Gasteiger partial charge in [0.15, 0.2) is 0 Å². The molecular formula is C14H17F2NO. The van der Waals surface area contributed by atoms with E-state index in [9.17, 15) is 13.6 Å². The number of hydrogen-bond acceptors (Lipinski definition) is 1. The Morgan fingerprint density at radius 2 is 1.89 bits per heavy atom. The first-order valence-electron chi connectivity index (χ1n) is 6.25. The Labute approximate surface area is 106 Å². The summed E-state index contributed by atoms with van der Waals surface area (Å²) in [7, 11) is 0. The molecule has 0 unspecified atom stereocenters. The highest BCUT2D eigenvalue weighted by Crippen LogP contribution is 2.30. The van der Waals surface area contributed by atoms with Gasteiger partial charge in [-0.25, -0.2) is 8.78 Å². The fraction of sp³-hybridized carbons (Fsp3) is 0.500. The smallest absolute Gasteiger partial charge is 0.260 e. The molecule has 0 heterocycles. The highest BCUT2D eigenvalue weighted by atomic mass is 19.1. The molecule has 1 aliphatic rings. The number of rotatable bonds is 4. The topological polar surface area (TPSA) is 20.3 Å². The van der Waals surface area contributed by atoms with Crippen LogP contribution in [0.4, 0.5) is 8.78 Å². The maximum absolute atomic E-state index is 13.6. The predicted molar refractivity (Wildman–Crippen MR) is 65.3 cm³/mol. The predicted octanol–water partition coefficient (Wildman–Crippen LogP) is 3.23. The normalized spacial score (nSPS) is 14.9. The van der Waals surface area contributed by atoms with Crippen molar-refractivity contribution in [3.05, 3.63) is 35.4 Å². The summed E-state index contributed by atoms with van der Waals surface area (Å²) in [4.78, 5) is 13.9. The molecule has 4 heteroatoms. The van der Waals surface area contributed by atoms with Gasteiger partial charge in [-0.1, -0.05) is 19.9 Å². The summed E-state index contributed by atoms with van der Waals surface area (Å²) in [6, 6.07) is 3.66. The first-order valence-corrected chi connectivity index (χ1v) is 6.25. The molecule has 0 spiro atoms. The molecule has 2 rings (SSSR count). The quantitative estimate of drug-likeness (QED) is 0.806. The van der Waals surface area contributed by atoms with E-state index in [-0.39, 0.29) is 12.0 Å². The molecule has 1 aromatic rings. The van der Waals surface area contributed by atoms with Crippen LogP contribution in [0.15, 0.2) is 18.2 Å². The van der Waals surface area contributed by atoms with Gasteiger partial charge in [-0.15, -0.1) is 0 Å². The van der Waals surface area contributed by atoms with Crippen molar-refractivity contribution in [1.82, 2.24) is 4.90 Å². The van der Waals surface area contributed by atoms with Gasteiger partial charge in [0.1, 0.15) is 17.2 Å². The van der Waals surface area contributed by atoms with E-state index in [2.05, 4.69) is 0 Å². The molecule has 0 radical (unpaired) electrons. The molecule has 0 aliphatic heterocycles. The van der Waals surface area contributed by atoms with Gasteiger partial charge in [0.2, 0.25) is 0 Å². The van der Waals surface area contributed by atoms with E-state index < -0.39 is 23.1 Å². The number of halogens is 2. The third-order valence-electron chi connectivity index (χ3n) is 2.99. The van der Waals surface area contributed by atoms with Crippen LogP contribution in [0.5, 0.6) is 0 Å². The summed E-state index contributed by atoms with van der Waals surface area (Å²) in [5, 5.41) is 0. The molecule has 1 fully saturated rings. The zero-order chi connectivity index (χ0) is 13.3. The standard InChI is InChI=1S/C14H17F2NO/c1-9(2)8-17(10-6-7-10)14(18)13-11(15)4-3-5-12(13)16/h3-5,9-10H,6-8H2,1-2H3. The molecule has 0 saturated heterocycles. The van der Waals surface area contributed by atoms with Crippen molar-refractivity contribution in [1.29, 1.82) is 0 Å². The SMILES string of the molecule is CC(C)CN(C(=O)c1c(F)cccc1F)C1CC1. The highest BCUT2D eigenvalue weighted by molar-refractivity contribution is 5.95. The minimum Gasteiger partial charge on any atom is -0.335 e. The number of carbonyl (C=O) groups is 1. The van der Waals surface area contributed by atoms with E-state index in [0.29, 0.717) is 6.54 Å². The molecule has 18 heavy (non-hydrogen) atoms. The Morgan fingerprint density at radius 3 is 2.33 bits per heavy atom. The van der Waals surface area contributed by atoms with Crippen molar-refractivity contribution in [2.45, 2.75) is 32.7 Å². The molecule has 0 bridgehead atoms. The average molecular weight is 253 g/mol. The summed E-state index contributed by atoms with van der Waals surface area (Å²) in [5.74, 6) is -1.81. The van der Waals surface area contributed by atoms with Crippen LogP contribution in [0.3, 0.4) is 0 Å². The fourth-order valence-electron chi connectivity index (χ4n) is 2.02. The van der Waals surface area contributed by atoms with Gasteiger partial charge in [-0.2, -0.15) is 0 Å². The van der Waals surface area contributed by atoms with Crippen LogP contribution in [-0.4, -0.2) is 23.4 Å². The lowest BCUT2D eigenvalue weighted by Crippen LogP contribution is -2.37. The third kappa shape index (κ3) is 2.68. The Balaban J connectivity index is 2.27. The van der Waals surface area contributed by atoms with Crippen molar-refractivity contribution >= 4 is 5.91 Å². The van der Waals surface area contributed by atoms with E-state index in [1.54, 1.807) is 4.90 Å². The molecule has 1 aliphatic carbocycles. The van der Waals surface area contributed by atoms with Crippen LogP contribution in [0.2, 0.25) is 0 Å². The molecule has 2 nitrogen and oxygen atoms in total. The molecule has 1 amide bonds. The van der Waals surface area contributed by atoms with Gasteiger partial charge in [0, 0.05) is 12.6 Å². The lowest BCUT2D eigenvalue weighted by atomic mass is 10.1. The second-order valence-electron chi connectivity index (χ2n) is 5.18. The molecule has 0 N–H and O–H groups in total. The monoisotopic (exact) mass is 253 g/mol. The first kappa shape index (κ1) is 13.0. The van der Waals surface area contributed by atoms with Gasteiger partial charge in [0.05, 0.1) is 0 Å². The van der Waals surface area contributed by atoms with Crippen LogP contribution in [0.25, 0.3) is 0 Å². The molecule has 1 saturated carbocycles. The van der Waals surface area contributed by atoms with E-state index in [0.717, 1.165) is 25.0 Å². The number of carbonyl (C=O) groups excluding carboxylic acids is 1. The fourth-order valence-corrected chi connectivity index (χ4v) is 2.02. The van der Waals surface area contributed by atoms with Crippen LogP contribution in [0, 0.1) is 17.6 Å². The molecule has 1 aromatic carbocycles. The number of benzene rings is 1. The summed E-state index contributed by atoms with van der Waals surface area (Å²) in [6.07, 6.45) is 1.85. The zero-order valence-electron chi connectivity index (χ0n) is 10.6. The Morgan fingerprint density at radius 1 is 1.33 bits per heavy atom. The summed E-state index contributed by atoms with van der Waals surface area (Å²) < 4.78 is 27.2. The van der Waals surface area contributed by atoms with Crippen molar-refractivity contribution in [2.24, 2.45) is 5.92 Å².